The zero-order valence-corrected chi connectivity index (χ0v) is 22.3. The molecule has 0 saturated heterocycles. The number of hydrogen-bond acceptors (Lipinski definition) is 6. The highest BCUT2D eigenvalue weighted by Crippen LogP contribution is 2.40. The number of anilines is 1. The molecule has 1 aliphatic heterocycles. The Morgan fingerprint density at radius 3 is 2.82 bits per heavy atom. The molecule has 0 bridgehead atoms. The first-order valence-electron chi connectivity index (χ1n) is 12.0. The first-order valence-corrected chi connectivity index (χ1v) is 12.7. The molecule has 0 fully saturated rings. The molecule has 1 amide bonds. The molecule has 1 aromatic carbocycles. The zero-order valence-electron chi connectivity index (χ0n) is 20.8. The first kappa shape index (κ1) is 26.5. The van der Waals surface area contributed by atoms with Crippen LogP contribution < -0.4 is 10.6 Å². The summed E-state index contributed by atoms with van der Waals surface area (Å²) in [6.07, 6.45) is 3.40. The quantitative estimate of drug-likeness (QED) is 0.206. The molecule has 0 aliphatic carbocycles. The number of benzene rings is 1. The van der Waals surface area contributed by atoms with Crippen LogP contribution in [0.5, 0.6) is 0 Å². The van der Waals surface area contributed by atoms with Gasteiger partial charge in [0.2, 0.25) is 5.91 Å². The average molecular weight is 566 g/mol. The van der Waals surface area contributed by atoms with E-state index in [1.165, 1.54) is 19.4 Å². The van der Waals surface area contributed by atoms with E-state index in [-0.39, 0.29) is 10.7 Å². The van der Waals surface area contributed by atoms with Gasteiger partial charge >= 0.3 is 5.97 Å². The van der Waals surface area contributed by atoms with Crippen LogP contribution in [-0.2, 0) is 16.0 Å². The molecule has 198 valence electrons. The molecule has 3 atom stereocenters. The lowest BCUT2D eigenvalue weighted by Gasteiger charge is -2.31. The molecule has 39 heavy (non-hydrogen) atoms. The molecular weight excluding hydrogens is 544 g/mol. The second kappa shape index (κ2) is 10.9. The number of hydrogen-bond donors (Lipinski definition) is 2. The van der Waals surface area contributed by atoms with E-state index in [1.54, 1.807) is 42.6 Å². The molecule has 1 aliphatic rings. The van der Waals surface area contributed by atoms with E-state index in [9.17, 15) is 9.59 Å². The van der Waals surface area contributed by atoms with Crippen molar-refractivity contribution in [3.63, 3.8) is 0 Å². The smallest absolute Gasteiger partial charge is 0.338 e. The highest BCUT2D eigenvalue weighted by Gasteiger charge is 2.39. The highest BCUT2D eigenvalue weighted by molar-refractivity contribution is 6.31. The summed E-state index contributed by atoms with van der Waals surface area (Å²) in [7, 11) is 1.30. The fourth-order valence-corrected chi connectivity index (χ4v) is 5.21. The Bertz CT molecular complexity index is 1660. The van der Waals surface area contributed by atoms with Crippen LogP contribution in [0, 0.1) is 17.8 Å². The maximum atomic E-state index is 15.5. The second-order valence-corrected chi connectivity index (χ2v) is 9.79. The van der Waals surface area contributed by atoms with Crippen molar-refractivity contribution in [2.24, 2.45) is 0 Å². The third kappa shape index (κ3) is 5.13. The lowest BCUT2D eigenvalue weighted by Crippen LogP contribution is -2.45. The number of rotatable bonds is 4. The molecule has 8 nitrogen and oxygen atoms in total. The van der Waals surface area contributed by atoms with Gasteiger partial charge in [-0.3, -0.25) is 4.79 Å². The average Bonchev–Trinajstić information content (AvgIpc) is 3.31. The summed E-state index contributed by atoms with van der Waals surface area (Å²) in [6, 6.07) is 13.3. The number of nitrogens with zero attached hydrogens (tertiary/aromatic N) is 3. The number of nitrogens with one attached hydrogen (secondary N) is 2. The number of methoxy groups -OCH3 is 1. The van der Waals surface area contributed by atoms with Crippen LogP contribution in [0.2, 0.25) is 10.2 Å². The summed E-state index contributed by atoms with van der Waals surface area (Å²) in [5.74, 6) is 0.0447. The normalized spacial score (nSPS) is 18.4. The summed E-state index contributed by atoms with van der Waals surface area (Å²) in [6.45, 7) is 1.86. The van der Waals surface area contributed by atoms with Crippen LogP contribution in [0.25, 0.3) is 5.65 Å². The molecule has 5 rings (SSSR count). The van der Waals surface area contributed by atoms with E-state index in [4.69, 9.17) is 32.9 Å². The maximum absolute atomic E-state index is 15.5. The molecule has 11 heteroatoms. The second-order valence-electron chi connectivity index (χ2n) is 9.00. The minimum absolute atomic E-state index is 0.184. The summed E-state index contributed by atoms with van der Waals surface area (Å²) in [5, 5.41) is 5.99. The largest absolute Gasteiger partial charge is 0.465 e. The van der Waals surface area contributed by atoms with Crippen LogP contribution in [0.4, 0.5) is 10.1 Å². The van der Waals surface area contributed by atoms with Crippen molar-refractivity contribution >= 4 is 46.4 Å². The minimum Gasteiger partial charge on any atom is -0.465 e. The predicted molar refractivity (Wildman–Crippen MR) is 145 cm³/mol. The van der Waals surface area contributed by atoms with E-state index in [0.29, 0.717) is 34.0 Å². The van der Waals surface area contributed by atoms with Crippen LogP contribution in [0.3, 0.4) is 0 Å². The third-order valence-electron chi connectivity index (χ3n) is 6.69. The molecule has 3 aromatic heterocycles. The van der Waals surface area contributed by atoms with E-state index in [0.717, 1.165) is 5.69 Å². The number of halogens is 3. The Kier molecular flexibility index (Phi) is 7.42. The Morgan fingerprint density at radius 1 is 1.23 bits per heavy atom. The SMILES string of the molecule is COC(=O)c1ccn2c3c(nc2c1)[C@H](C)[C@H](c1ccnc(Cl)c1F)[C@H](C(=O)Nc1cccc(Cl)c1)NC#CC3. The first-order chi connectivity index (χ1) is 18.8. The molecule has 2 N–H and O–H groups in total. The van der Waals surface area contributed by atoms with Gasteiger partial charge in [-0.15, -0.1) is 0 Å². The summed E-state index contributed by atoms with van der Waals surface area (Å²) in [5.41, 5.74) is 2.85. The molecule has 0 unspecified atom stereocenters. The number of fused-ring (bicyclic) bond motifs is 3. The van der Waals surface area contributed by atoms with Crippen LogP contribution >= 0.6 is 23.2 Å². The molecular formula is C28H22Cl2FN5O3. The minimum atomic E-state index is -1.01. The number of esters is 1. The Balaban J connectivity index is 1.65. The van der Waals surface area contributed by atoms with Gasteiger partial charge in [-0.2, -0.15) is 0 Å². The highest BCUT2D eigenvalue weighted by atomic mass is 35.5. The van der Waals surface area contributed by atoms with Crippen LogP contribution in [0.1, 0.15) is 46.1 Å². The van der Waals surface area contributed by atoms with Gasteiger partial charge in [-0.1, -0.05) is 42.1 Å². The monoisotopic (exact) mass is 565 g/mol. The Labute approximate surface area is 233 Å². The zero-order chi connectivity index (χ0) is 27.7. The van der Waals surface area contributed by atoms with Gasteiger partial charge < -0.3 is 19.8 Å². The van der Waals surface area contributed by atoms with Crippen molar-refractivity contribution in [3.8, 4) is 12.0 Å². The number of imidazole rings is 1. The number of ether oxygens (including phenoxy) is 1. The van der Waals surface area contributed by atoms with E-state index in [1.807, 2.05) is 11.3 Å². The van der Waals surface area contributed by atoms with Crippen molar-refractivity contribution in [2.75, 3.05) is 12.4 Å². The molecule has 4 heterocycles. The van der Waals surface area contributed by atoms with Gasteiger partial charge in [-0.05, 0) is 42.0 Å². The van der Waals surface area contributed by atoms with Gasteiger partial charge in [0.25, 0.3) is 0 Å². The fraction of sp³-hybridized carbons (Fsp3) is 0.214. The van der Waals surface area contributed by atoms with Crippen molar-refractivity contribution < 1.29 is 18.7 Å². The Morgan fingerprint density at radius 2 is 2.05 bits per heavy atom. The van der Waals surface area contributed by atoms with Gasteiger partial charge in [0.15, 0.2) is 11.0 Å². The number of carbonyl (C=O) groups is 2. The molecule has 0 radical (unpaired) electrons. The van der Waals surface area contributed by atoms with E-state index >= 15 is 4.39 Å². The van der Waals surface area contributed by atoms with E-state index in [2.05, 4.69) is 27.6 Å². The lowest BCUT2D eigenvalue weighted by molar-refractivity contribution is -0.118. The van der Waals surface area contributed by atoms with Crippen LogP contribution in [0.15, 0.2) is 54.9 Å². The lowest BCUT2D eigenvalue weighted by atomic mass is 9.79. The Hall–Kier alpha value is -4.13. The topological polar surface area (TPSA) is 97.6 Å². The van der Waals surface area contributed by atoms with Gasteiger partial charge in [0.1, 0.15) is 11.7 Å². The number of carbonyl (C=O) groups excluding carboxylic acids is 2. The van der Waals surface area contributed by atoms with Gasteiger partial charge in [0, 0.05) is 41.0 Å². The summed E-state index contributed by atoms with van der Waals surface area (Å²) < 4.78 is 22.2. The summed E-state index contributed by atoms with van der Waals surface area (Å²) in [4.78, 5) is 34.5. The predicted octanol–water partition coefficient (Wildman–Crippen LogP) is 4.96. The van der Waals surface area contributed by atoms with Crippen molar-refractivity contribution in [1.29, 1.82) is 0 Å². The number of aromatic nitrogens is 3. The van der Waals surface area contributed by atoms with Crippen molar-refractivity contribution in [1.82, 2.24) is 19.7 Å². The van der Waals surface area contributed by atoms with Gasteiger partial charge in [-0.25, -0.2) is 19.2 Å². The van der Waals surface area contributed by atoms with Crippen molar-refractivity contribution in [2.45, 2.75) is 31.2 Å². The fourth-order valence-electron chi connectivity index (χ4n) is 4.86. The standard InChI is InChI=1S/C28H22Cl2FN5O3/c1-15-22(19-8-11-33-26(30)23(19)31)25(27(37)34-18-6-3-5-17(29)14-18)32-10-4-7-20-24(15)35-21-13-16(28(38)39-2)9-12-36(20)21/h3,5-6,8-9,11-15,22,25,32H,7H2,1-2H3,(H,34,37)/t15-,22-,25-/m1/s1. The molecule has 0 saturated carbocycles. The molecule has 4 aromatic rings. The van der Waals surface area contributed by atoms with E-state index < -0.39 is 35.6 Å². The van der Waals surface area contributed by atoms with Crippen LogP contribution in [-0.4, -0.2) is 39.4 Å². The van der Waals surface area contributed by atoms with Crippen molar-refractivity contribution in [3.05, 3.63) is 93.4 Å². The number of amides is 1. The molecule has 0 spiro atoms. The third-order valence-corrected chi connectivity index (χ3v) is 7.19. The number of pyridine rings is 2. The van der Waals surface area contributed by atoms with Gasteiger partial charge in [0.05, 0.1) is 30.5 Å². The maximum Gasteiger partial charge on any atom is 0.338 e. The summed E-state index contributed by atoms with van der Waals surface area (Å²) >= 11 is 12.2.